The number of alkyl halides is 3. The molecule has 1 fully saturated rings. The normalized spacial score (nSPS) is 14.2. The maximum atomic E-state index is 13.1. The summed E-state index contributed by atoms with van der Waals surface area (Å²) in [5, 5.41) is 3.91. The molecule has 0 N–H and O–H groups in total. The Morgan fingerprint density at radius 2 is 1.83 bits per heavy atom. The smallest absolute Gasteiger partial charge is 0.417 e. The van der Waals surface area contributed by atoms with Gasteiger partial charge in [-0.05, 0) is 44.2 Å². The van der Waals surface area contributed by atoms with Crippen LogP contribution in [-0.4, -0.2) is 54.2 Å². The summed E-state index contributed by atoms with van der Waals surface area (Å²) in [6.45, 7) is 5.64. The number of ether oxygens (including phenoxy) is 2. The number of methoxy groups -OCH3 is 1. The molecule has 11 heteroatoms. The van der Waals surface area contributed by atoms with Gasteiger partial charge in [-0.1, -0.05) is 5.16 Å². The number of piperazine rings is 1. The second-order valence-electron chi connectivity index (χ2n) is 8.14. The van der Waals surface area contributed by atoms with E-state index in [1.807, 2.05) is 18.7 Å². The number of aryl methyl sites for hydroxylation is 2. The Bertz CT molecular complexity index is 1170. The predicted molar refractivity (Wildman–Crippen MR) is 121 cm³/mol. The first-order valence-corrected chi connectivity index (χ1v) is 11.0. The van der Waals surface area contributed by atoms with Gasteiger partial charge in [0.15, 0.2) is 11.5 Å². The number of amides is 1. The standard InChI is InChI=1S/C24H25F3N4O4/c1-15-19(16(2)35-29-15)14-34-20-6-4-17(12-21(20)33-3)23(32)31-10-8-30(9-11-31)22-7-5-18(13-28-22)24(25,26)27/h4-7,12-13H,8-11,14H2,1-3H3. The van der Waals surface area contributed by atoms with Crippen molar-refractivity contribution >= 4 is 11.7 Å². The van der Waals surface area contributed by atoms with Crippen LogP contribution in [0, 0.1) is 13.8 Å². The van der Waals surface area contributed by atoms with Crippen molar-refractivity contribution in [3.63, 3.8) is 0 Å². The molecule has 0 spiro atoms. The fourth-order valence-electron chi connectivity index (χ4n) is 3.84. The third kappa shape index (κ3) is 5.33. The summed E-state index contributed by atoms with van der Waals surface area (Å²) in [7, 11) is 1.50. The number of carbonyl (C=O) groups is 1. The summed E-state index contributed by atoms with van der Waals surface area (Å²) in [5.41, 5.74) is 1.27. The van der Waals surface area contributed by atoms with E-state index in [1.165, 1.54) is 13.2 Å². The lowest BCUT2D eigenvalue weighted by atomic mass is 10.1. The molecule has 2 aromatic heterocycles. The zero-order valence-electron chi connectivity index (χ0n) is 19.6. The van der Waals surface area contributed by atoms with Gasteiger partial charge in [0, 0.05) is 37.9 Å². The van der Waals surface area contributed by atoms with E-state index in [4.69, 9.17) is 14.0 Å². The number of hydrogen-bond acceptors (Lipinski definition) is 7. The number of hydrogen-bond donors (Lipinski definition) is 0. The van der Waals surface area contributed by atoms with Gasteiger partial charge in [0.1, 0.15) is 18.2 Å². The van der Waals surface area contributed by atoms with E-state index in [2.05, 4.69) is 10.1 Å². The molecule has 0 radical (unpaired) electrons. The van der Waals surface area contributed by atoms with Gasteiger partial charge in [-0.3, -0.25) is 4.79 Å². The summed E-state index contributed by atoms with van der Waals surface area (Å²) < 4.78 is 54.7. The molecule has 1 saturated heterocycles. The predicted octanol–water partition coefficient (Wildman–Crippen LogP) is 4.26. The van der Waals surface area contributed by atoms with Gasteiger partial charge in [-0.25, -0.2) is 4.98 Å². The van der Waals surface area contributed by atoms with E-state index in [1.54, 1.807) is 23.1 Å². The lowest BCUT2D eigenvalue weighted by Gasteiger charge is -2.35. The first-order valence-electron chi connectivity index (χ1n) is 11.0. The third-order valence-electron chi connectivity index (χ3n) is 5.93. The third-order valence-corrected chi connectivity index (χ3v) is 5.93. The summed E-state index contributed by atoms with van der Waals surface area (Å²) in [4.78, 5) is 20.6. The molecule has 8 nitrogen and oxygen atoms in total. The van der Waals surface area contributed by atoms with Crippen LogP contribution in [0.2, 0.25) is 0 Å². The van der Waals surface area contributed by atoms with E-state index in [-0.39, 0.29) is 12.5 Å². The molecule has 1 aliphatic heterocycles. The quantitative estimate of drug-likeness (QED) is 0.511. The van der Waals surface area contributed by atoms with E-state index >= 15 is 0 Å². The highest BCUT2D eigenvalue weighted by atomic mass is 19.4. The summed E-state index contributed by atoms with van der Waals surface area (Å²) >= 11 is 0. The Labute approximate surface area is 200 Å². The summed E-state index contributed by atoms with van der Waals surface area (Å²) in [6.07, 6.45) is -3.60. The monoisotopic (exact) mass is 490 g/mol. The molecule has 0 atom stereocenters. The van der Waals surface area contributed by atoms with Crippen molar-refractivity contribution in [1.82, 2.24) is 15.0 Å². The van der Waals surface area contributed by atoms with Crippen LogP contribution in [0.4, 0.5) is 19.0 Å². The van der Waals surface area contributed by atoms with Crippen LogP contribution in [0.5, 0.6) is 11.5 Å². The molecule has 1 aromatic carbocycles. The van der Waals surface area contributed by atoms with E-state index in [0.717, 1.165) is 23.5 Å². The molecule has 1 aliphatic rings. The minimum atomic E-state index is -4.42. The van der Waals surface area contributed by atoms with Crippen molar-refractivity contribution < 1.29 is 32.0 Å². The van der Waals surface area contributed by atoms with Gasteiger partial charge in [0.25, 0.3) is 5.91 Å². The first kappa shape index (κ1) is 24.4. The van der Waals surface area contributed by atoms with Crippen molar-refractivity contribution in [2.24, 2.45) is 0 Å². The van der Waals surface area contributed by atoms with Gasteiger partial charge < -0.3 is 23.8 Å². The maximum Gasteiger partial charge on any atom is 0.417 e. The number of benzene rings is 1. The SMILES string of the molecule is COc1cc(C(=O)N2CCN(c3ccc(C(F)(F)F)cn3)CC2)ccc1OCc1c(C)noc1C. The average Bonchev–Trinajstić information content (AvgIpc) is 3.18. The minimum absolute atomic E-state index is 0.166. The van der Waals surface area contributed by atoms with Crippen LogP contribution in [0.3, 0.4) is 0 Å². The Hall–Kier alpha value is -3.76. The highest BCUT2D eigenvalue weighted by Gasteiger charge is 2.31. The molecule has 0 aliphatic carbocycles. The number of anilines is 1. The van der Waals surface area contributed by atoms with Crippen molar-refractivity contribution in [2.75, 3.05) is 38.2 Å². The van der Waals surface area contributed by atoms with E-state index in [9.17, 15) is 18.0 Å². The highest BCUT2D eigenvalue weighted by molar-refractivity contribution is 5.95. The fourth-order valence-corrected chi connectivity index (χ4v) is 3.84. The van der Waals surface area contributed by atoms with Crippen molar-refractivity contribution in [3.8, 4) is 11.5 Å². The average molecular weight is 490 g/mol. The van der Waals surface area contributed by atoms with Gasteiger partial charge in [0.05, 0.1) is 23.9 Å². The molecular formula is C24H25F3N4O4. The second kappa shape index (κ2) is 9.85. The van der Waals surface area contributed by atoms with Crippen molar-refractivity contribution in [2.45, 2.75) is 26.6 Å². The molecule has 0 saturated carbocycles. The molecule has 186 valence electrons. The lowest BCUT2D eigenvalue weighted by Crippen LogP contribution is -2.49. The zero-order valence-corrected chi connectivity index (χ0v) is 19.6. The van der Waals surface area contributed by atoms with Crippen molar-refractivity contribution in [1.29, 1.82) is 0 Å². The number of carbonyl (C=O) groups excluding carboxylic acids is 1. The molecule has 3 heterocycles. The largest absolute Gasteiger partial charge is 0.493 e. The Morgan fingerprint density at radius 1 is 1.09 bits per heavy atom. The topological polar surface area (TPSA) is 80.9 Å². The molecule has 4 rings (SSSR count). The molecule has 3 aromatic rings. The summed E-state index contributed by atoms with van der Waals surface area (Å²) in [6, 6.07) is 7.37. The lowest BCUT2D eigenvalue weighted by molar-refractivity contribution is -0.137. The van der Waals surface area contributed by atoms with E-state index < -0.39 is 11.7 Å². The van der Waals surface area contributed by atoms with Gasteiger partial charge in [0.2, 0.25) is 0 Å². The number of nitrogens with zero attached hydrogens (tertiary/aromatic N) is 4. The molecule has 1 amide bonds. The van der Waals surface area contributed by atoms with Crippen LogP contribution in [-0.2, 0) is 12.8 Å². The molecule has 0 unspecified atom stereocenters. The molecule has 35 heavy (non-hydrogen) atoms. The van der Waals surface area contributed by atoms with Crippen molar-refractivity contribution in [3.05, 3.63) is 64.7 Å². The zero-order chi connectivity index (χ0) is 25.2. The summed E-state index contributed by atoms with van der Waals surface area (Å²) in [5.74, 6) is 1.88. The molecular weight excluding hydrogens is 465 g/mol. The maximum absolute atomic E-state index is 13.1. The van der Waals surface area contributed by atoms with Gasteiger partial charge in [-0.2, -0.15) is 13.2 Å². The molecule has 0 bridgehead atoms. The number of pyridine rings is 1. The van der Waals surface area contributed by atoms with E-state index in [0.29, 0.717) is 54.8 Å². The number of rotatable bonds is 6. The van der Waals surface area contributed by atoms with Crippen LogP contribution >= 0.6 is 0 Å². The van der Waals surface area contributed by atoms with Crippen LogP contribution in [0.25, 0.3) is 0 Å². The van der Waals surface area contributed by atoms with Gasteiger partial charge >= 0.3 is 6.18 Å². The Balaban J connectivity index is 1.38. The van der Waals surface area contributed by atoms with Crippen LogP contribution in [0.1, 0.15) is 32.9 Å². The Morgan fingerprint density at radius 3 is 2.40 bits per heavy atom. The van der Waals surface area contributed by atoms with Gasteiger partial charge in [-0.15, -0.1) is 0 Å². The highest BCUT2D eigenvalue weighted by Crippen LogP contribution is 2.31. The Kier molecular flexibility index (Phi) is 6.86. The number of aromatic nitrogens is 2. The second-order valence-corrected chi connectivity index (χ2v) is 8.14. The van der Waals surface area contributed by atoms with Crippen LogP contribution < -0.4 is 14.4 Å². The fraction of sp³-hybridized carbons (Fsp3) is 0.375. The first-order chi connectivity index (χ1) is 16.7. The number of halogens is 3. The minimum Gasteiger partial charge on any atom is -0.493 e. The van der Waals surface area contributed by atoms with Crippen LogP contribution in [0.15, 0.2) is 41.1 Å².